The fourth-order valence-electron chi connectivity index (χ4n) is 2.85. The average molecular weight is 269 g/mol. The van der Waals surface area contributed by atoms with Gasteiger partial charge >= 0.3 is 0 Å². The molecule has 3 heterocycles. The van der Waals surface area contributed by atoms with Crippen molar-refractivity contribution in [3.05, 3.63) is 36.3 Å². The Labute approximate surface area is 113 Å². The van der Waals surface area contributed by atoms with E-state index in [0.717, 1.165) is 27.5 Å². The first kappa shape index (κ1) is 11.3. The summed E-state index contributed by atoms with van der Waals surface area (Å²) in [5.41, 5.74) is 2.29. The number of imide groups is 1. The predicted molar refractivity (Wildman–Crippen MR) is 71.1 cm³/mol. The Balaban J connectivity index is 1.93. The third kappa shape index (κ3) is 1.49. The molecule has 0 saturated carbocycles. The van der Waals surface area contributed by atoms with E-state index in [9.17, 15) is 9.59 Å². The van der Waals surface area contributed by atoms with Crippen molar-refractivity contribution in [2.45, 2.75) is 18.8 Å². The molecule has 2 aromatic heterocycles. The summed E-state index contributed by atoms with van der Waals surface area (Å²) in [5, 5.41) is 4.20. The van der Waals surface area contributed by atoms with Crippen LogP contribution in [0.4, 0.5) is 0 Å². The van der Waals surface area contributed by atoms with Gasteiger partial charge in [-0.2, -0.15) is 0 Å². The standard InChI is InChI=1S/C15H11NO4/c17-13-4-1-8(15(18)16-13)10-7-20-12-3-2-11-9(14(10)12)5-6-19-11/h2-3,5-8H,1,4H2,(H,16,17,18)/t8-/m1/s1. The van der Waals surface area contributed by atoms with Gasteiger partial charge in [0.15, 0.2) is 0 Å². The van der Waals surface area contributed by atoms with E-state index in [1.165, 1.54) is 0 Å². The van der Waals surface area contributed by atoms with Gasteiger partial charge in [0.25, 0.3) is 0 Å². The Morgan fingerprint density at radius 3 is 2.80 bits per heavy atom. The zero-order chi connectivity index (χ0) is 13.7. The normalized spacial score (nSPS) is 19.7. The minimum atomic E-state index is -0.352. The minimum absolute atomic E-state index is 0.215. The summed E-state index contributed by atoms with van der Waals surface area (Å²) in [4.78, 5) is 23.3. The molecular formula is C15H11NO4. The predicted octanol–water partition coefficient (Wildman–Crippen LogP) is 2.70. The second kappa shape index (κ2) is 3.96. The molecule has 1 N–H and O–H groups in total. The summed E-state index contributed by atoms with van der Waals surface area (Å²) >= 11 is 0. The van der Waals surface area contributed by atoms with Crippen LogP contribution in [-0.4, -0.2) is 11.8 Å². The molecule has 1 aromatic carbocycles. The third-order valence-corrected chi connectivity index (χ3v) is 3.81. The van der Waals surface area contributed by atoms with E-state index in [-0.39, 0.29) is 17.7 Å². The Bertz CT molecular complexity index is 842. The Hall–Kier alpha value is -2.56. The van der Waals surface area contributed by atoms with Crippen LogP contribution in [0.15, 0.2) is 39.6 Å². The third-order valence-electron chi connectivity index (χ3n) is 3.81. The molecule has 3 aromatic rings. The zero-order valence-corrected chi connectivity index (χ0v) is 10.5. The van der Waals surface area contributed by atoms with Gasteiger partial charge in [-0.05, 0) is 24.6 Å². The highest BCUT2D eigenvalue weighted by Gasteiger charge is 2.31. The SMILES string of the molecule is O=C1CC[C@H](c2coc3ccc4occc4c23)C(=O)N1. The lowest BCUT2D eigenvalue weighted by Gasteiger charge is -2.19. The fraction of sp³-hybridized carbons (Fsp3) is 0.200. The molecule has 1 aliphatic rings. The van der Waals surface area contributed by atoms with Crippen molar-refractivity contribution in [1.82, 2.24) is 5.32 Å². The summed E-state index contributed by atoms with van der Waals surface area (Å²) in [6, 6.07) is 5.54. The van der Waals surface area contributed by atoms with Gasteiger partial charge in [0.05, 0.1) is 18.4 Å². The van der Waals surface area contributed by atoms with Crippen molar-refractivity contribution in [2.24, 2.45) is 0 Å². The van der Waals surface area contributed by atoms with Crippen LogP contribution in [0.1, 0.15) is 24.3 Å². The molecule has 0 unspecified atom stereocenters. The van der Waals surface area contributed by atoms with Crippen LogP contribution in [0, 0.1) is 0 Å². The molecule has 0 radical (unpaired) electrons. The highest BCUT2D eigenvalue weighted by Crippen LogP contribution is 2.36. The van der Waals surface area contributed by atoms with Crippen molar-refractivity contribution < 1.29 is 18.4 Å². The molecule has 100 valence electrons. The second-order valence-electron chi connectivity index (χ2n) is 4.97. The van der Waals surface area contributed by atoms with Crippen molar-refractivity contribution in [2.75, 3.05) is 0 Å². The maximum atomic E-state index is 12.0. The van der Waals surface area contributed by atoms with Crippen LogP contribution >= 0.6 is 0 Å². The van der Waals surface area contributed by atoms with Crippen molar-refractivity contribution in [1.29, 1.82) is 0 Å². The van der Waals surface area contributed by atoms with E-state index in [0.29, 0.717) is 12.8 Å². The Morgan fingerprint density at radius 1 is 1.10 bits per heavy atom. The second-order valence-corrected chi connectivity index (χ2v) is 4.97. The molecular weight excluding hydrogens is 258 g/mol. The van der Waals surface area contributed by atoms with Crippen molar-refractivity contribution in [3.8, 4) is 0 Å². The summed E-state index contributed by atoms with van der Waals surface area (Å²) in [7, 11) is 0. The lowest BCUT2D eigenvalue weighted by Crippen LogP contribution is -2.39. The quantitative estimate of drug-likeness (QED) is 0.689. The van der Waals surface area contributed by atoms with Gasteiger partial charge in [-0.25, -0.2) is 0 Å². The van der Waals surface area contributed by atoms with Crippen LogP contribution in [-0.2, 0) is 9.59 Å². The van der Waals surface area contributed by atoms with E-state index in [1.54, 1.807) is 12.5 Å². The van der Waals surface area contributed by atoms with Gasteiger partial charge in [-0.1, -0.05) is 0 Å². The van der Waals surface area contributed by atoms with Crippen LogP contribution in [0.25, 0.3) is 21.9 Å². The summed E-state index contributed by atoms with van der Waals surface area (Å²) in [6.45, 7) is 0. The molecule has 5 nitrogen and oxygen atoms in total. The first-order valence-electron chi connectivity index (χ1n) is 6.45. The summed E-state index contributed by atoms with van der Waals surface area (Å²) in [5.74, 6) is -0.827. The molecule has 0 bridgehead atoms. The number of hydrogen-bond acceptors (Lipinski definition) is 4. The lowest BCUT2D eigenvalue weighted by molar-refractivity contribution is -0.134. The molecule has 4 rings (SSSR count). The number of rotatable bonds is 1. The molecule has 0 spiro atoms. The topological polar surface area (TPSA) is 72.5 Å². The number of piperidine rings is 1. The van der Waals surface area contributed by atoms with Crippen molar-refractivity contribution >= 4 is 33.8 Å². The molecule has 1 saturated heterocycles. The van der Waals surface area contributed by atoms with Crippen molar-refractivity contribution in [3.63, 3.8) is 0 Å². The summed E-state index contributed by atoms with van der Waals surface area (Å²) in [6.07, 6.45) is 4.08. The molecule has 1 atom stereocenters. The van der Waals surface area contributed by atoms with Crippen LogP contribution < -0.4 is 5.32 Å². The number of hydrogen-bond donors (Lipinski definition) is 1. The number of carbonyl (C=O) groups is 2. The van der Waals surface area contributed by atoms with E-state index >= 15 is 0 Å². The van der Waals surface area contributed by atoms with Crippen LogP contribution in [0.2, 0.25) is 0 Å². The van der Waals surface area contributed by atoms with E-state index in [1.807, 2.05) is 18.2 Å². The first-order chi connectivity index (χ1) is 9.74. The fourth-order valence-corrected chi connectivity index (χ4v) is 2.85. The maximum absolute atomic E-state index is 12.0. The largest absolute Gasteiger partial charge is 0.464 e. The highest BCUT2D eigenvalue weighted by atomic mass is 16.3. The van der Waals surface area contributed by atoms with Crippen LogP contribution in [0.5, 0.6) is 0 Å². The van der Waals surface area contributed by atoms with E-state index in [2.05, 4.69) is 5.32 Å². The van der Waals surface area contributed by atoms with Gasteiger partial charge in [0, 0.05) is 22.8 Å². The molecule has 1 aliphatic heterocycles. The van der Waals surface area contributed by atoms with E-state index in [4.69, 9.17) is 8.83 Å². The number of nitrogens with one attached hydrogen (secondary N) is 1. The monoisotopic (exact) mass is 269 g/mol. The minimum Gasteiger partial charge on any atom is -0.464 e. The number of amides is 2. The molecule has 1 fully saturated rings. The first-order valence-corrected chi connectivity index (χ1v) is 6.45. The number of benzene rings is 1. The summed E-state index contributed by atoms with van der Waals surface area (Å²) < 4.78 is 10.9. The van der Waals surface area contributed by atoms with Gasteiger partial charge in [-0.15, -0.1) is 0 Å². The smallest absolute Gasteiger partial charge is 0.234 e. The lowest BCUT2D eigenvalue weighted by atomic mass is 9.89. The van der Waals surface area contributed by atoms with E-state index < -0.39 is 0 Å². The van der Waals surface area contributed by atoms with Gasteiger partial charge in [0.1, 0.15) is 11.2 Å². The Kier molecular flexibility index (Phi) is 2.24. The van der Waals surface area contributed by atoms with Gasteiger partial charge in [0.2, 0.25) is 11.8 Å². The number of carbonyl (C=O) groups excluding carboxylic acids is 2. The van der Waals surface area contributed by atoms with Gasteiger partial charge in [-0.3, -0.25) is 14.9 Å². The average Bonchev–Trinajstić information content (AvgIpc) is 3.03. The zero-order valence-electron chi connectivity index (χ0n) is 10.5. The number of furan rings is 2. The molecule has 5 heteroatoms. The maximum Gasteiger partial charge on any atom is 0.234 e. The van der Waals surface area contributed by atoms with Gasteiger partial charge < -0.3 is 8.83 Å². The molecule has 2 amide bonds. The highest BCUT2D eigenvalue weighted by molar-refractivity contribution is 6.09. The number of fused-ring (bicyclic) bond motifs is 3. The molecule has 0 aliphatic carbocycles. The molecule has 20 heavy (non-hydrogen) atoms. The van der Waals surface area contributed by atoms with Crippen LogP contribution in [0.3, 0.4) is 0 Å². The Morgan fingerprint density at radius 2 is 1.95 bits per heavy atom.